The van der Waals surface area contributed by atoms with E-state index in [0.717, 1.165) is 128 Å². The Balaban J connectivity index is 4.79. The highest BCUT2D eigenvalue weighted by molar-refractivity contribution is 7.47. The Labute approximate surface area is 415 Å². The van der Waals surface area contributed by atoms with Crippen LogP contribution >= 0.6 is 7.82 Å². The van der Waals surface area contributed by atoms with Crippen molar-refractivity contribution in [2.24, 2.45) is 0 Å². The highest BCUT2D eigenvalue weighted by Gasteiger charge is 2.28. The van der Waals surface area contributed by atoms with E-state index in [1.165, 1.54) is 51.4 Å². The number of allylic oxidation sites excluding steroid dienone is 10. The summed E-state index contributed by atoms with van der Waals surface area (Å²) >= 11 is 0. The number of esters is 3. The van der Waals surface area contributed by atoms with Gasteiger partial charge in [-0.05, 0) is 103 Å². The maximum Gasteiger partial charge on any atom is 0.472 e. The molecule has 0 bridgehead atoms. The van der Waals surface area contributed by atoms with Gasteiger partial charge < -0.3 is 24.2 Å². The van der Waals surface area contributed by atoms with Crippen molar-refractivity contribution in [1.82, 2.24) is 0 Å². The maximum absolute atomic E-state index is 12.9. The highest BCUT2D eigenvalue weighted by atomic mass is 31.2. The third-order valence-electron chi connectivity index (χ3n) is 11.4. The molecule has 0 aliphatic heterocycles. The second kappa shape index (κ2) is 50.6. The van der Waals surface area contributed by atoms with Gasteiger partial charge in [-0.25, -0.2) is 4.57 Å². The first-order chi connectivity index (χ1) is 33.2. The van der Waals surface area contributed by atoms with Crippen LogP contribution in [0.15, 0.2) is 60.8 Å². The Kier molecular flexibility index (Phi) is 48.5. The fourth-order valence-electron chi connectivity index (χ4n) is 7.16. The van der Waals surface area contributed by atoms with Gasteiger partial charge in [0, 0.05) is 19.3 Å². The van der Waals surface area contributed by atoms with Crippen LogP contribution in [0.25, 0.3) is 0 Å². The van der Waals surface area contributed by atoms with Gasteiger partial charge in [-0.3, -0.25) is 23.4 Å². The van der Waals surface area contributed by atoms with Gasteiger partial charge in [0.25, 0.3) is 0 Å². The molecule has 0 aromatic carbocycles. The van der Waals surface area contributed by atoms with Gasteiger partial charge in [0.05, 0.1) is 19.8 Å². The van der Waals surface area contributed by atoms with Gasteiger partial charge in [-0.2, -0.15) is 0 Å². The van der Waals surface area contributed by atoms with E-state index in [0.29, 0.717) is 19.3 Å². The Hall–Kier alpha value is -2.82. The lowest BCUT2D eigenvalue weighted by Crippen LogP contribution is -2.30. The second-order valence-corrected chi connectivity index (χ2v) is 19.5. The van der Waals surface area contributed by atoms with E-state index in [1.54, 1.807) is 0 Å². The molecule has 394 valence electrons. The summed E-state index contributed by atoms with van der Waals surface area (Å²) in [4.78, 5) is 48.4. The van der Waals surface area contributed by atoms with E-state index < -0.39 is 57.8 Å². The van der Waals surface area contributed by atoms with Crippen molar-refractivity contribution in [3.8, 4) is 0 Å². The van der Waals surface area contributed by atoms with Crippen LogP contribution < -0.4 is 0 Å². The monoisotopic (exact) mass is 979 g/mol. The summed E-state index contributed by atoms with van der Waals surface area (Å²) in [7, 11) is -4.75. The number of phosphoric ester groups is 1. The Morgan fingerprint density at radius 1 is 0.412 bits per heavy atom. The minimum Gasteiger partial charge on any atom is -0.462 e. The van der Waals surface area contributed by atoms with E-state index in [4.69, 9.17) is 23.3 Å². The number of hydrogen-bond acceptors (Lipinski definition) is 10. The van der Waals surface area contributed by atoms with Crippen molar-refractivity contribution in [3.05, 3.63) is 60.8 Å². The lowest BCUT2D eigenvalue weighted by molar-refractivity contribution is -0.161. The standard InChI is InChI=1S/C56H99O11P/c1-4-7-10-13-16-19-22-24-26-28-31-33-36-39-42-45-54(58)63-49-53(67-56(60)47-44-41-38-35-32-29-27-25-23-20-17-14-11-8-5-2)51-65-68(61,62)64-50-52(48-57)66-55(59)46-43-40-37-34-30-21-18-15-12-9-6-3/h15-20,24-27,52-53,57H,4-14,21-23,28-51H2,1-3H3,(H,61,62)/b18-15-,19-16-,20-17-,26-24-,27-25-. The van der Waals surface area contributed by atoms with Crippen molar-refractivity contribution in [1.29, 1.82) is 0 Å². The Morgan fingerprint density at radius 3 is 1.15 bits per heavy atom. The summed E-state index contributed by atoms with van der Waals surface area (Å²) in [6.45, 7) is 4.51. The molecular formula is C56H99O11P. The van der Waals surface area contributed by atoms with Gasteiger partial charge >= 0.3 is 25.7 Å². The molecule has 3 atom stereocenters. The van der Waals surface area contributed by atoms with Crippen LogP contribution in [-0.2, 0) is 42.2 Å². The van der Waals surface area contributed by atoms with Crippen molar-refractivity contribution in [2.75, 3.05) is 26.4 Å². The summed E-state index contributed by atoms with van der Waals surface area (Å²) in [6.07, 6.45) is 53.2. The number of carbonyl (C=O) groups is 3. The predicted octanol–water partition coefficient (Wildman–Crippen LogP) is 15.6. The number of ether oxygens (including phenoxy) is 3. The zero-order valence-electron chi connectivity index (χ0n) is 43.3. The first-order valence-electron chi connectivity index (χ1n) is 27.2. The maximum atomic E-state index is 12.9. The van der Waals surface area contributed by atoms with E-state index in [1.807, 2.05) is 0 Å². The van der Waals surface area contributed by atoms with Crippen LogP contribution in [0.2, 0.25) is 0 Å². The molecule has 11 nitrogen and oxygen atoms in total. The summed E-state index contributed by atoms with van der Waals surface area (Å²) in [6, 6.07) is 0. The van der Waals surface area contributed by atoms with Gasteiger partial charge in [0.15, 0.2) is 6.10 Å². The molecule has 0 heterocycles. The average molecular weight is 979 g/mol. The minimum atomic E-state index is -4.75. The molecule has 12 heteroatoms. The van der Waals surface area contributed by atoms with Crippen LogP contribution in [0.5, 0.6) is 0 Å². The molecule has 0 radical (unpaired) electrons. The van der Waals surface area contributed by atoms with Gasteiger partial charge in [-0.15, -0.1) is 0 Å². The van der Waals surface area contributed by atoms with Crippen molar-refractivity contribution < 1.29 is 52.2 Å². The number of unbranched alkanes of at least 4 members (excludes halogenated alkanes) is 23. The zero-order chi connectivity index (χ0) is 49.9. The summed E-state index contributed by atoms with van der Waals surface area (Å²) in [5, 5.41) is 9.77. The molecule has 0 aromatic rings. The largest absolute Gasteiger partial charge is 0.472 e. The minimum absolute atomic E-state index is 0.147. The molecule has 0 fully saturated rings. The van der Waals surface area contributed by atoms with Crippen LogP contribution in [0.4, 0.5) is 0 Å². The fraction of sp³-hybridized carbons (Fsp3) is 0.768. The number of aliphatic hydroxyl groups excluding tert-OH is 1. The predicted molar refractivity (Wildman–Crippen MR) is 279 cm³/mol. The number of hydrogen-bond donors (Lipinski definition) is 2. The first-order valence-corrected chi connectivity index (χ1v) is 28.7. The fourth-order valence-corrected chi connectivity index (χ4v) is 7.94. The Morgan fingerprint density at radius 2 is 0.735 bits per heavy atom. The number of carbonyl (C=O) groups excluding carboxylic acids is 3. The molecule has 0 saturated carbocycles. The Bertz CT molecular complexity index is 1370. The second-order valence-electron chi connectivity index (χ2n) is 18.0. The molecule has 0 aliphatic rings. The normalized spacial score (nSPS) is 13.9. The van der Waals surface area contributed by atoms with Crippen LogP contribution in [-0.4, -0.2) is 66.5 Å². The van der Waals surface area contributed by atoms with Crippen LogP contribution in [0.3, 0.4) is 0 Å². The summed E-state index contributed by atoms with van der Waals surface area (Å²) in [5.74, 6) is -1.50. The summed E-state index contributed by atoms with van der Waals surface area (Å²) < 4.78 is 39.4. The molecule has 0 saturated heterocycles. The highest BCUT2D eigenvalue weighted by Crippen LogP contribution is 2.43. The first kappa shape index (κ1) is 65.2. The van der Waals surface area contributed by atoms with Gasteiger partial charge in [-0.1, -0.05) is 178 Å². The molecule has 0 aromatic heterocycles. The molecule has 0 rings (SSSR count). The van der Waals surface area contributed by atoms with Crippen molar-refractivity contribution in [2.45, 2.75) is 251 Å². The van der Waals surface area contributed by atoms with E-state index in [-0.39, 0.29) is 25.9 Å². The third kappa shape index (κ3) is 48.2. The molecule has 0 spiro atoms. The van der Waals surface area contributed by atoms with Gasteiger partial charge in [0.2, 0.25) is 0 Å². The average Bonchev–Trinajstić information content (AvgIpc) is 3.32. The number of phosphoric acid groups is 1. The third-order valence-corrected chi connectivity index (χ3v) is 12.3. The SMILES string of the molecule is CCCC/C=C\CCCCCCCC(=O)OC(CO)COP(=O)(O)OCC(COC(=O)CCCCCCC/C=C\C/C=C\CCCCC)OC(=O)CCCCCCC/C=C\C/C=C\CCCCC. The molecule has 0 amide bonds. The summed E-state index contributed by atoms with van der Waals surface area (Å²) in [5.41, 5.74) is 0. The molecular weight excluding hydrogens is 880 g/mol. The van der Waals surface area contributed by atoms with Crippen molar-refractivity contribution in [3.63, 3.8) is 0 Å². The molecule has 3 unspecified atom stereocenters. The van der Waals surface area contributed by atoms with Crippen molar-refractivity contribution >= 4 is 25.7 Å². The van der Waals surface area contributed by atoms with E-state index in [2.05, 4.69) is 81.5 Å². The number of aliphatic hydroxyl groups is 1. The molecule has 68 heavy (non-hydrogen) atoms. The van der Waals surface area contributed by atoms with Gasteiger partial charge in [0.1, 0.15) is 12.7 Å². The lowest BCUT2D eigenvalue weighted by Gasteiger charge is -2.21. The topological polar surface area (TPSA) is 155 Å². The van der Waals surface area contributed by atoms with Crippen LogP contribution in [0, 0.1) is 0 Å². The van der Waals surface area contributed by atoms with Crippen LogP contribution in [0.1, 0.15) is 239 Å². The smallest absolute Gasteiger partial charge is 0.462 e. The van der Waals surface area contributed by atoms with E-state index >= 15 is 0 Å². The van der Waals surface area contributed by atoms with E-state index in [9.17, 15) is 28.9 Å². The number of rotatable bonds is 50. The molecule has 0 aliphatic carbocycles. The molecule has 2 N–H and O–H groups in total. The zero-order valence-corrected chi connectivity index (χ0v) is 44.2. The lowest BCUT2D eigenvalue weighted by atomic mass is 10.1. The quantitative estimate of drug-likeness (QED) is 0.0197.